The Morgan fingerprint density at radius 1 is 0.643 bits per heavy atom. The van der Waals surface area contributed by atoms with Gasteiger partial charge in [0.1, 0.15) is 44.2 Å². The molecule has 8 aromatic heterocycles. The molecule has 3 saturated heterocycles. The fourth-order valence-electron chi connectivity index (χ4n) is 8.19. The maximum atomic E-state index is 13.1. The lowest BCUT2D eigenvalue weighted by Gasteiger charge is -2.14. The number of anilines is 5. The second kappa shape index (κ2) is 29.6. The predicted octanol–water partition coefficient (Wildman–Crippen LogP) is 5.41. The number of carbonyl (C=O) groups is 3. The van der Waals surface area contributed by atoms with E-state index in [1.807, 2.05) is 9.80 Å². The van der Waals surface area contributed by atoms with Crippen LogP contribution in [-0.2, 0) is 26.7 Å². The van der Waals surface area contributed by atoms with Gasteiger partial charge in [0.2, 0.25) is 29.4 Å². The molecule has 0 bridgehead atoms. The first kappa shape index (κ1) is 63.7. The Morgan fingerprint density at radius 3 is 1.56 bits per heavy atom. The summed E-state index contributed by atoms with van der Waals surface area (Å²) in [6.45, 7) is 4.66. The Hall–Kier alpha value is -7.85. The summed E-state index contributed by atoms with van der Waals surface area (Å²) in [7, 11) is 0. The van der Waals surface area contributed by atoms with Crippen LogP contribution in [0, 0.1) is 0 Å². The fraction of sp³-hybridized carbons (Fsp3) is 0.327. The number of halogens is 8. The molecule has 3 fully saturated rings. The average Bonchev–Trinajstić information content (AvgIpc) is 3.21. The molecule has 24 nitrogen and oxygen atoms in total. The van der Waals surface area contributed by atoms with Crippen molar-refractivity contribution in [1.82, 2.24) is 64.2 Å². The van der Waals surface area contributed by atoms with E-state index in [-0.39, 0.29) is 71.4 Å². The first-order chi connectivity index (χ1) is 40.0. The number of amides is 3. The summed E-state index contributed by atoms with van der Waals surface area (Å²) in [5.74, 6) is 0.232. The molecule has 0 spiro atoms. The standard InChI is InChI=1S/C23H21F3N8O2.C17H10BrF3N6.C6H12N2O2.C4H9NO.C2H4BrNO/c24-23(25,26)18-5-1-3-16(29-18)21-31-22(17-4-2-9-34(17)32-21)28-14-6-8-27-19(11-14)30-20(36)13-33-10-7-15(35)12-33;18-14-9-10(6-7-22-14)23-16-12-4-2-8-27(12)26-15(25-16)11-3-1-5-13(24-11)17(19,20)21;7-6(10)4-8-2-1-5(9)3-8;6-4-1-2-5-3-4;3-1-2(4)5/h1-6,8-9,11,15,35H,7,10,12-13H2,(H2,27,28,30,31,32,36);1-9H,(H,22,23,25,26);5,9H,1-4H2,(H2,7,10);4-6H,1-3H2;1H2,(H2,4,5)/t15-;;5-;4-;/m0.00./s1. The monoisotopic (exact) mass is 1300 g/mol. The van der Waals surface area contributed by atoms with Crippen LogP contribution in [-0.4, -0.2) is 168 Å². The third-order valence-corrected chi connectivity index (χ3v) is 13.0. The summed E-state index contributed by atoms with van der Waals surface area (Å²) in [5.41, 5.74) is 10.0. The minimum atomic E-state index is -4.60. The number of aliphatic hydroxyl groups excluding tert-OH is 3. The van der Waals surface area contributed by atoms with E-state index in [9.17, 15) is 45.8 Å². The van der Waals surface area contributed by atoms with Gasteiger partial charge in [-0.1, -0.05) is 28.1 Å². The lowest BCUT2D eigenvalue weighted by Crippen LogP contribution is -2.32. The van der Waals surface area contributed by atoms with E-state index in [4.69, 9.17) is 15.9 Å². The molecule has 3 atom stereocenters. The zero-order valence-corrected chi connectivity index (χ0v) is 47.4. The number of rotatable bonds is 12. The van der Waals surface area contributed by atoms with Crippen LogP contribution in [0.2, 0.25) is 0 Å². The van der Waals surface area contributed by atoms with Crippen LogP contribution in [0.4, 0.5) is 55.2 Å². The van der Waals surface area contributed by atoms with Crippen LogP contribution in [0.5, 0.6) is 0 Å². The minimum absolute atomic E-state index is 0.00248. The lowest BCUT2D eigenvalue weighted by atomic mass is 10.3. The Morgan fingerprint density at radius 2 is 1.14 bits per heavy atom. The van der Waals surface area contributed by atoms with Crippen molar-refractivity contribution in [3.63, 3.8) is 0 Å². The molecule has 3 aliphatic rings. The molecule has 0 saturated carbocycles. The van der Waals surface area contributed by atoms with Gasteiger partial charge in [-0.2, -0.15) is 26.3 Å². The maximum absolute atomic E-state index is 13.1. The molecule has 0 aromatic carbocycles. The molecule has 446 valence electrons. The molecular weight excluding hydrogens is 1250 g/mol. The van der Waals surface area contributed by atoms with Gasteiger partial charge in [0.25, 0.3) is 0 Å². The molecule has 0 radical (unpaired) electrons. The van der Waals surface area contributed by atoms with Crippen molar-refractivity contribution in [3.05, 3.63) is 126 Å². The van der Waals surface area contributed by atoms with Crippen LogP contribution in [0.3, 0.4) is 0 Å². The molecule has 32 heteroatoms. The number of primary amides is 2. The van der Waals surface area contributed by atoms with Gasteiger partial charge in [-0.15, -0.1) is 10.2 Å². The van der Waals surface area contributed by atoms with E-state index in [2.05, 4.69) is 99.0 Å². The highest BCUT2D eigenvalue weighted by atomic mass is 79.9. The summed E-state index contributed by atoms with van der Waals surface area (Å²) >= 11 is 6.13. The number of nitrogens with two attached hydrogens (primary N) is 2. The van der Waals surface area contributed by atoms with Crippen LogP contribution >= 0.6 is 31.9 Å². The Labute approximate surface area is 491 Å². The smallest absolute Gasteiger partial charge is 0.392 e. The first-order valence-electron chi connectivity index (χ1n) is 25.5. The number of likely N-dealkylation sites (tertiary alicyclic amines) is 2. The summed E-state index contributed by atoms with van der Waals surface area (Å²) in [4.78, 5) is 60.4. The Bertz CT molecular complexity index is 3500. The van der Waals surface area contributed by atoms with Gasteiger partial charge in [-0.05, 0) is 108 Å². The Kier molecular flexibility index (Phi) is 22.5. The fourth-order valence-corrected chi connectivity index (χ4v) is 8.56. The van der Waals surface area contributed by atoms with Crippen molar-refractivity contribution in [1.29, 1.82) is 0 Å². The molecule has 0 unspecified atom stereocenters. The van der Waals surface area contributed by atoms with Crippen LogP contribution in [0.15, 0.2) is 114 Å². The van der Waals surface area contributed by atoms with Crippen molar-refractivity contribution in [3.8, 4) is 23.0 Å². The summed E-state index contributed by atoms with van der Waals surface area (Å²) in [6, 6.07) is 21.0. The second-order valence-electron chi connectivity index (χ2n) is 18.7. The van der Waals surface area contributed by atoms with E-state index in [1.54, 1.807) is 67.1 Å². The number of β-amino-alcohol motifs (C(OH)–C–C–N with tert-alkyl or cyclic N) is 3. The van der Waals surface area contributed by atoms with Crippen molar-refractivity contribution >= 4 is 89.4 Å². The number of pyridine rings is 4. The molecule has 11 heterocycles. The zero-order chi connectivity index (χ0) is 60.6. The minimum Gasteiger partial charge on any atom is -0.392 e. The van der Waals surface area contributed by atoms with Gasteiger partial charge < -0.3 is 48.1 Å². The maximum Gasteiger partial charge on any atom is 0.433 e. The highest BCUT2D eigenvalue weighted by Crippen LogP contribution is 2.32. The third kappa shape index (κ3) is 19.4. The molecule has 84 heavy (non-hydrogen) atoms. The number of alkyl halides is 7. The lowest BCUT2D eigenvalue weighted by molar-refractivity contribution is -0.141. The number of aliphatic hydroxyl groups is 3. The van der Waals surface area contributed by atoms with E-state index in [0.29, 0.717) is 70.5 Å². The molecule has 3 amide bonds. The highest BCUT2D eigenvalue weighted by molar-refractivity contribution is 9.10. The van der Waals surface area contributed by atoms with E-state index < -0.39 is 29.8 Å². The third-order valence-electron chi connectivity index (χ3n) is 12.0. The molecular formula is C52H56Br2F6N18O6. The average molecular weight is 1300 g/mol. The predicted molar refractivity (Wildman–Crippen MR) is 304 cm³/mol. The molecule has 11 rings (SSSR count). The summed E-state index contributed by atoms with van der Waals surface area (Å²) in [6.07, 6.45) is -1.12. The van der Waals surface area contributed by atoms with E-state index in [1.165, 1.54) is 39.5 Å². The van der Waals surface area contributed by atoms with Crippen LogP contribution in [0.25, 0.3) is 34.1 Å². The summed E-state index contributed by atoms with van der Waals surface area (Å²) < 4.78 is 82.0. The normalized spacial score (nSPS) is 16.9. The number of hydrogen-bond donors (Lipinski definition) is 9. The van der Waals surface area contributed by atoms with Gasteiger partial charge in [0, 0.05) is 75.0 Å². The van der Waals surface area contributed by atoms with E-state index in [0.717, 1.165) is 44.6 Å². The van der Waals surface area contributed by atoms with Gasteiger partial charge in [0.05, 0.1) is 36.7 Å². The number of nitrogens with one attached hydrogen (secondary N) is 4. The largest absolute Gasteiger partial charge is 0.433 e. The highest BCUT2D eigenvalue weighted by Gasteiger charge is 2.34. The van der Waals surface area contributed by atoms with Crippen LogP contribution in [0.1, 0.15) is 30.7 Å². The van der Waals surface area contributed by atoms with Gasteiger partial charge in [-0.25, -0.2) is 38.9 Å². The number of hydrogen-bond acceptors (Lipinski definition) is 19. The molecule has 8 aromatic rings. The van der Waals surface area contributed by atoms with Gasteiger partial charge >= 0.3 is 12.4 Å². The topological polar surface area (TPSA) is 330 Å². The van der Waals surface area contributed by atoms with Crippen molar-refractivity contribution in [2.45, 2.75) is 49.9 Å². The van der Waals surface area contributed by atoms with E-state index >= 15 is 0 Å². The van der Waals surface area contributed by atoms with Gasteiger partial charge in [0.15, 0.2) is 11.6 Å². The van der Waals surface area contributed by atoms with Crippen molar-refractivity contribution in [2.24, 2.45) is 11.5 Å². The van der Waals surface area contributed by atoms with Crippen LogP contribution < -0.4 is 32.7 Å². The Balaban J connectivity index is 0.000000183. The van der Waals surface area contributed by atoms with Gasteiger partial charge in [-0.3, -0.25) is 24.2 Å². The number of carbonyl (C=O) groups excluding carboxylic acids is 3. The molecule has 0 aliphatic carbocycles. The van der Waals surface area contributed by atoms with Crippen molar-refractivity contribution < 1.29 is 56.0 Å². The van der Waals surface area contributed by atoms with Crippen molar-refractivity contribution in [2.75, 3.05) is 73.6 Å². The SMILES string of the molecule is FC(F)(F)c1cccc(-c2nc(Nc3ccnc(Br)c3)c3cccn3n2)n1.NC(=O)CBr.NC(=O)CN1CC[C@H](O)C1.O=C(CN1CC[C@H](O)C1)Nc1cc(Nc2nc(-c3cccc(C(F)(F)F)n3)nn3cccc23)ccn1.O[C@H]1CCNC1. The number of nitrogens with zero attached hydrogens (tertiary/aromatic N) is 12. The second-order valence-corrected chi connectivity index (χ2v) is 20.1. The summed E-state index contributed by atoms with van der Waals surface area (Å²) in [5, 5.41) is 48.1. The number of fused-ring (bicyclic) bond motifs is 2. The number of aromatic nitrogens is 10. The first-order valence-corrected chi connectivity index (χ1v) is 27.4. The quantitative estimate of drug-likeness (QED) is 0.0419. The zero-order valence-electron chi connectivity index (χ0n) is 44.2. The molecule has 11 N–H and O–H groups in total. The molecule has 3 aliphatic heterocycles.